The van der Waals surface area contributed by atoms with E-state index in [1.54, 1.807) is 0 Å². The van der Waals surface area contributed by atoms with Gasteiger partial charge in [0, 0.05) is 24.3 Å². The normalized spacial score (nSPS) is 11.2. The van der Waals surface area contributed by atoms with E-state index in [-0.39, 0.29) is 34.8 Å². The van der Waals surface area contributed by atoms with Crippen molar-refractivity contribution < 1.29 is 33.0 Å². The molecule has 3 heteroatoms. The summed E-state index contributed by atoms with van der Waals surface area (Å²) in [6, 6.07) is 8.44. The Labute approximate surface area is 165 Å². The summed E-state index contributed by atoms with van der Waals surface area (Å²) in [7, 11) is 2.01. The van der Waals surface area contributed by atoms with Crippen molar-refractivity contribution in [2.24, 2.45) is 7.05 Å². The summed E-state index contributed by atoms with van der Waals surface area (Å²) in [5, 5.41) is 0. The van der Waals surface area contributed by atoms with Crippen molar-refractivity contribution in [1.29, 1.82) is 0 Å². The maximum Gasteiger partial charge on any atom is 0.334 e. The maximum absolute atomic E-state index is 5.99. The summed E-state index contributed by atoms with van der Waals surface area (Å²) in [6.07, 6.45) is 4.07. The van der Waals surface area contributed by atoms with Crippen LogP contribution in [0.5, 0.6) is 0 Å². The SMILES string of the molecule is Cc1cc(C(C)(C)C)[o+]c(C(C)(C)C)c1.Cc1cc[n+](C)cc1.[I-]. The molecule has 0 aliphatic carbocycles. The third kappa shape index (κ3) is 7.73. The lowest BCUT2D eigenvalue weighted by molar-refractivity contribution is -0.671. The molecule has 2 aromatic heterocycles. The van der Waals surface area contributed by atoms with E-state index in [0.717, 1.165) is 11.5 Å². The summed E-state index contributed by atoms with van der Waals surface area (Å²) < 4.78 is 8.01. The number of hydrogen-bond donors (Lipinski definition) is 0. The first-order valence-electron chi connectivity index (χ1n) is 8.27. The average molecular weight is 442 g/mol. The lowest BCUT2D eigenvalue weighted by atomic mass is 9.89. The van der Waals surface area contributed by atoms with Gasteiger partial charge in [-0.2, -0.15) is 0 Å². The van der Waals surface area contributed by atoms with Crippen LogP contribution in [-0.2, 0) is 17.9 Å². The van der Waals surface area contributed by atoms with E-state index < -0.39 is 0 Å². The predicted octanol–water partition coefficient (Wildman–Crippen LogP) is 2.29. The van der Waals surface area contributed by atoms with Gasteiger partial charge in [0.2, 0.25) is 0 Å². The van der Waals surface area contributed by atoms with Gasteiger partial charge in [-0.05, 0) is 66.5 Å². The van der Waals surface area contributed by atoms with Gasteiger partial charge in [0.15, 0.2) is 12.4 Å². The summed E-state index contributed by atoms with van der Waals surface area (Å²) in [6.45, 7) is 17.3. The molecule has 0 spiro atoms. The highest BCUT2D eigenvalue weighted by atomic mass is 127. The Morgan fingerprint density at radius 2 is 1.12 bits per heavy atom. The number of rotatable bonds is 0. The highest BCUT2D eigenvalue weighted by Crippen LogP contribution is 2.29. The van der Waals surface area contributed by atoms with Gasteiger partial charge in [-0.25, -0.2) is 8.98 Å². The number of pyridine rings is 1. The van der Waals surface area contributed by atoms with E-state index >= 15 is 0 Å². The molecular weight excluding hydrogens is 409 g/mol. The van der Waals surface area contributed by atoms with Gasteiger partial charge in [0.05, 0.1) is 10.8 Å². The third-order valence-corrected chi connectivity index (χ3v) is 3.56. The first-order valence-corrected chi connectivity index (χ1v) is 8.27. The second kappa shape index (κ2) is 8.93. The molecule has 134 valence electrons. The van der Waals surface area contributed by atoms with Crippen LogP contribution >= 0.6 is 0 Å². The van der Waals surface area contributed by atoms with Gasteiger partial charge >= 0.3 is 11.5 Å². The second-order valence-electron chi connectivity index (χ2n) is 8.40. The van der Waals surface area contributed by atoms with Crippen LogP contribution in [0.2, 0.25) is 0 Å². The van der Waals surface area contributed by atoms with Gasteiger partial charge < -0.3 is 24.0 Å². The first-order chi connectivity index (χ1) is 10.4. The smallest absolute Gasteiger partial charge is 0.334 e. The van der Waals surface area contributed by atoms with Gasteiger partial charge in [0.25, 0.3) is 0 Å². The van der Waals surface area contributed by atoms with Crippen LogP contribution in [0.4, 0.5) is 0 Å². The molecule has 2 heterocycles. The number of halogens is 1. The molecule has 0 atom stereocenters. The Bertz CT molecular complexity index is 581. The Hall–Kier alpha value is -0.970. The van der Waals surface area contributed by atoms with Crippen molar-refractivity contribution in [3.05, 3.63) is 59.3 Å². The highest BCUT2D eigenvalue weighted by Gasteiger charge is 2.32. The van der Waals surface area contributed by atoms with E-state index in [4.69, 9.17) is 4.42 Å². The zero-order chi connectivity index (χ0) is 17.8. The Morgan fingerprint density at radius 3 is 1.42 bits per heavy atom. The molecule has 0 aliphatic heterocycles. The highest BCUT2D eigenvalue weighted by molar-refractivity contribution is 5.23. The second-order valence-corrected chi connectivity index (χ2v) is 8.40. The van der Waals surface area contributed by atoms with E-state index in [0.29, 0.717) is 0 Å². The molecule has 0 bridgehead atoms. The first kappa shape index (κ1) is 23.0. The molecule has 0 amide bonds. The van der Waals surface area contributed by atoms with E-state index in [2.05, 4.69) is 79.7 Å². The fourth-order valence-corrected chi connectivity index (χ4v) is 1.95. The van der Waals surface area contributed by atoms with Gasteiger partial charge in [-0.3, -0.25) is 0 Å². The van der Waals surface area contributed by atoms with E-state index in [1.165, 1.54) is 11.1 Å². The quantitative estimate of drug-likeness (QED) is 0.347. The molecule has 0 aromatic carbocycles. The molecule has 0 aliphatic rings. The molecular formula is C21H33INO+. The Morgan fingerprint density at radius 1 is 0.750 bits per heavy atom. The van der Waals surface area contributed by atoms with Crippen molar-refractivity contribution >= 4 is 0 Å². The zero-order valence-corrected chi connectivity index (χ0v) is 18.9. The van der Waals surface area contributed by atoms with Gasteiger partial charge in [-0.1, -0.05) is 0 Å². The monoisotopic (exact) mass is 442 g/mol. The molecule has 0 saturated heterocycles. The fraction of sp³-hybridized carbons (Fsp3) is 0.524. The maximum atomic E-state index is 5.99. The van der Waals surface area contributed by atoms with Crippen molar-refractivity contribution in [2.45, 2.75) is 66.2 Å². The molecule has 0 fully saturated rings. The molecule has 2 aromatic rings. The van der Waals surface area contributed by atoms with E-state index in [9.17, 15) is 0 Å². The minimum Gasteiger partial charge on any atom is -1.00 e. The van der Waals surface area contributed by atoms with Crippen molar-refractivity contribution in [3.63, 3.8) is 0 Å². The van der Waals surface area contributed by atoms with Crippen LogP contribution in [0.25, 0.3) is 0 Å². The minimum absolute atomic E-state index is 0. The molecule has 0 radical (unpaired) electrons. The molecule has 24 heavy (non-hydrogen) atoms. The molecule has 0 unspecified atom stereocenters. The molecule has 0 N–H and O–H groups in total. The lowest BCUT2D eigenvalue weighted by Gasteiger charge is -2.13. The summed E-state index contributed by atoms with van der Waals surface area (Å²) in [5.74, 6) is 2.12. The topological polar surface area (TPSA) is 15.2 Å². The van der Waals surface area contributed by atoms with Crippen molar-refractivity contribution in [2.75, 3.05) is 0 Å². The summed E-state index contributed by atoms with van der Waals surface area (Å²) in [4.78, 5) is 0. The van der Waals surface area contributed by atoms with Gasteiger partial charge in [0.1, 0.15) is 7.05 Å². The van der Waals surface area contributed by atoms with Crippen molar-refractivity contribution in [1.82, 2.24) is 0 Å². The van der Waals surface area contributed by atoms with Crippen LogP contribution in [0, 0.1) is 13.8 Å². The van der Waals surface area contributed by atoms with Crippen molar-refractivity contribution in [3.8, 4) is 0 Å². The number of nitrogens with zero attached hydrogens (tertiary/aromatic N) is 1. The van der Waals surface area contributed by atoms with Crippen LogP contribution in [0.3, 0.4) is 0 Å². The fourth-order valence-electron chi connectivity index (χ4n) is 1.95. The van der Waals surface area contributed by atoms with Crippen LogP contribution < -0.4 is 28.5 Å². The lowest BCUT2D eigenvalue weighted by Crippen LogP contribution is -3.00. The summed E-state index contributed by atoms with van der Waals surface area (Å²) >= 11 is 0. The molecule has 2 rings (SSSR count). The largest absolute Gasteiger partial charge is 1.00 e. The standard InChI is InChI=1S/C14H23O.C7H10N.HI/c1-10-8-11(13(2,3)4)15-12(9-10)14(5,6)7;1-7-3-5-8(2)6-4-7;/h8-9H,1-7H3;3-6H,1-2H3;1H/q2*+1;/p-1. The summed E-state index contributed by atoms with van der Waals surface area (Å²) in [5.41, 5.74) is 2.73. The number of aromatic nitrogens is 1. The molecule has 0 saturated carbocycles. The van der Waals surface area contributed by atoms with Crippen LogP contribution in [0.1, 0.15) is 64.2 Å². The Kier molecular flexibility index (Phi) is 8.57. The zero-order valence-electron chi connectivity index (χ0n) is 16.7. The third-order valence-electron chi connectivity index (χ3n) is 3.56. The van der Waals surface area contributed by atoms with Gasteiger partial charge in [-0.15, -0.1) is 0 Å². The minimum atomic E-state index is 0. The average Bonchev–Trinajstić information content (AvgIpc) is 2.40. The molecule has 2 nitrogen and oxygen atoms in total. The Balaban J connectivity index is 0.000000498. The predicted molar refractivity (Wildman–Crippen MR) is 97.6 cm³/mol. The number of aryl methyl sites for hydroxylation is 3. The number of hydrogen-bond acceptors (Lipinski definition) is 0. The van der Waals surface area contributed by atoms with E-state index in [1.807, 2.05) is 24.0 Å². The van der Waals surface area contributed by atoms with Crippen LogP contribution in [0.15, 0.2) is 41.1 Å². The van der Waals surface area contributed by atoms with Crippen LogP contribution in [-0.4, -0.2) is 0 Å².